The van der Waals surface area contributed by atoms with Crippen LogP contribution >= 0.6 is 0 Å². The fraction of sp³-hybridized carbons (Fsp3) is 0.917. The Hall–Kier alpha value is -0.530. The van der Waals surface area contributed by atoms with Gasteiger partial charge in [-0.15, -0.1) is 0 Å². The molecule has 1 aliphatic rings. The van der Waals surface area contributed by atoms with E-state index in [2.05, 4.69) is 32.6 Å². The van der Waals surface area contributed by atoms with Crippen LogP contribution in [0.1, 0.15) is 53.4 Å². The van der Waals surface area contributed by atoms with Gasteiger partial charge in [-0.1, -0.05) is 27.2 Å². The molecule has 0 aliphatic carbocycles. The highest BCUT2D eigenvalue weighted by Gasteiger charge is 2.39. The highest BCUT2D eigenvalue weighted by molar-refractivity contribution is 5.79. The Bertz CT molecular complexity index is 214. The van der Waals surface area contributed by atoms with Crippen molar-refractivity contribution in [2.45, 2.75) is 59.4 Å². The third-order valence-electron chi connectivity index (χ3n) is 3.43. The average Bonchev–Trinajstić information content (AvgIpc) is 2.41. The number of rotatable bonds is 4. The van der Waals surface area contributed by atoms with Crippen molar-refractivity contribution in [1.29, 1.82) is 0 Å². The molecule has 1 rings (SSSR count). The molecule has 1 aliphatic heterocycles. The SMILES string of the molecule is CCC[C@]1(C)CC(=O)N(C(C)CC)C1. The Morgan fingerprint density at radius 2 is 2.14 bits per heavy atom. The molecule has 82 valence electrons. The van der Waals surface area contributed by atoms with Crippen molar-refractivity contribution in [3.8, 4) is 0 Å². The maximum Gasteiger partial charge on any atom is 0.223 e. The van der Waals surface area contributed by atoms with E-state index in [0.717, 1.165) is 19.4 Å². The van der Waals surface area contributed by atoms with Crippen LogP contribution < -0.4 is 0 Å². The Kier molecular flexibility index (Phi) is 3.57. The smallest absolute Gasteiger partial charge is 0.223 e. The van der Waals surface area contributed by atoms with E-state index < -0.39 is 0 Å². The number of carbonyl (C=O) groups excluding carboxylic acids is 1. The van der Waals surface area contributed by atoms with Crippen molar-refractivity contribution in [2.75, 3.05) is 6.54 Å². The predicted octanol–water partition coefficient (Wildman–Crippen LogP) is 2.82. The van der Waals surface area contributed by atoms with E-state index >= 15 is 0 Å². The Balaban J connectivity index is 2.63. The fourth-order valence-electron chi connectivity index (χ4n) is 2.41. The van der Waals surface area contributed by atoms with Gasteiger partial charge in [0.05, 0.1) is 0 Å². The minimum absolute atomic E-state index is 0.245. The summed E-state index contributed by atoms with van der Waals surface area (Å²) in [5.74, 6) is 0.357. The van der Waals surface area contributed by atoms with Gasteiger partial charge in [0, 0.05) is 19.0 Å². The molecule has 1 fully saturated rings. The highest BCUT2D eigenvalue weighted by Crippen LogP contribution is 2.36. The van der Waals surface area contributed by atoms with Crippen LogP contribution in [-0.2, 0) is 4.79 Å². The third kappa shape index (κ3) is 2.28. The lowest BCUT2D eigenvalue weighted by atomic mass is 9.85. The third-order valence-corrected chi connectivity index (χ3v) is 3.43. The van der Waals surface area contributed by atoms with Crippen LogP contribution in [0.3, 0.4) is 0 Å². The predicted molar refractivity (Wildman–Crippen MR) is 59.1 cm³/mol. The second-order valence-electron chi connectivity index (χ2n) is 5.02. The number of likely N-dealkylation sites (tertiary alicyclic amines) is 1. The second-order valence-corrected chi connectivity index (χ2v) is 5.02. The first kappa shape index (κ1) is 11.5. The Morgan fingerprint density at radius 1 is 1.50 bits per heavy atom. The highest BCUT2D eigenvalue weighted by atomic mass is 16.2. The Morgan fingerprint density at radius 3 is 2.64 bits per heavy atom. The van der Waals surface area contributed by atoms with Gasteiger partial charge < -0.3 is 4.90 Å². The first-order chi connectivity index (χ1) is 6.52. The van der Waals surface area contributed by atoms with Crippen molar-refractivity contribution in [3.05, 3.63) is 0 Å². The quantitative estimate of drug-likeness (QED) is 0.678. The van der Waals surface area contributed by atoms with E-state index in [1.54, 1.807) is 0 Å². The number of carbonyl (C=O) groups is 1. The van der Waals surface area contributed by atoms with Gasteiger partial charge in [-0.05, 0) is 25.2 Å². The summed E-state index contributed by atoms with van der Waals surface area (Å²) in [6.45, 7) is 9.70. The summed E-state index contributed by atoms with van der Waals surface area (Å²) in [4.78, 5) is 13.9. The summed E-state index contributed by atoms with van der Waals surface area (Å²) in [7, 11) is 0. The number of nitrogens with zero attached hydrogens (tertiary/aromatic N) is 1. The summed E-state index contributed by atoms with van der Waals surface area (Å²) < 4.78 is 0. The summed E-state index contributed by atoms with van der Waals surface area (Å²) >= 11 is 0. The lowest BCUT2D eigenvalue weighted by Crippen LogP contribution is -2.35. The maximum atomic E-state index is 11.8. The summed E-state index contributed by atoms with van der Waals surface area (Å²) in [6, 6.07) is 0.418. The molecule has 2 heteroatoms. The maximum absolute atomic E-state index is 11.8. The molecular weight excluding hydrogens is 174 g/mol. The first-order valence-corrected chi connectivity index (χ1v) is 5.82. The normalized spacial score (nSPS) is 29.7. The molecule has 0 aromatic rings. The van der Waals surface area contributed by atoms with Crippen LogP contribution in [0.2, 0.25) is 0 Å². The van der Waals surface area contributed by atoms with Crippen LogP contribution in [0.25, 0.3) is 0 Å². The minimum atomic E-state index is 0.245. The molecule has 0 aromatic carbocycles. The summed E-state index contributed by atoms with van der Waals surface area (Å²) in [5, 5.41) is 0. The fourth-order valence-corrected chi connectivity index (χ4v) is 2.41. The van der Waals surface area contributed by atoms with Gasteiger partial charge in [-0.2, -0.15) is 0 Å². The second kappa shape index (κ2) is 4.33. The van der Waals surface area contributed by atoms with Gasteiger partial charge in [0.25, 0.3) is 0 Å². The van der Waals surface area contributed by atoms with Gasteiger partial charge in [0.1, 0.15) is 0 Å². The zero-order valence-corrected chi connectivity index (χ0v) is 9.97. The molecule has 0 aromatic heterocycles. The topological polar surface area (TPSA) is 20.3 Å². The first-order valence-electron chi connectivity index (χ1n) is 5.82. The van der Waals surface area contributed by atoms with Crippen LogP contribution in [0.5, 0.6) is 0 Å². The molecule has 1 unspecified atom stereocenters. The molecule has 1 heterocycles. The van der Waals surface area contributed by atoms with Crippen LogP contribution in [-0.4, -0.2) is 23.4 Å². The van der Waals surface area contributed by atoms with Crippen LogP contribution in [0, 0.1) is 5.41 Å². The van der Waals surface area contributed by atoms with Crippen molar-refractivity contribution < 1.29 is 4.79 Å². The van der Waals surface area contributed by atoms with E-state index in [1.165, 1.54) is 12.8 Å². The molecule has 2 nitrogen and oxygen atoms in total. The van der Waals surface area contributed by atoms with E-state index in [9.17, 15) is 4.79 Å². The average molecular weight is 197 g/mol. The van der Waals surface area contributed by atoms with Crippen LogP contribution in [0.4, 0.5) is 0 Å². The zero-order chi connectivity index (χ0) is 10.8. The van der Waals surface area contributed by atoms with Gasteiger partial charge in [0.2, 0.25) is 5.91 Å². The van der Waals surface area contributed by atoms with Gasteiger partial charge >= 0.3 is 0 Å². The standard InChI is InChI=1S/C12H23NO/c1-5-7-12(4)8-11(14)13(9-12)10(3)6-2/h10H,5-9H2,1-4H3/t10?,12-/m1/s1. The van der Waals surface area contributed by atoms with E-state index in [-0.39, 0.29) is 5.41 Å². The van der Waals surface area contributed by atoms with Gasteiger partial charge in [-0.25, -0.2) is 0 Å². The lowest BCUT2D eigenvalue weighted by Gasteiger charge is -2.27. The number of hydrogen-bond acceptors (Lipinski definition) is 1. The van der Waals surface area contributed by atoms with Gasteiger partial charge in [-0.3, -0.25) is 4.79 Å². The largest absolute Gasteiger partial charge is 0.339 e. The van der Waals surface area contributed by atoms with Gasteiger partial charge in [0.15, 0.2) is 0 Å². The molecule has 0 radical (unpaired) electrons. The Labute approximate surface area is 87.7 Å². The molecular formula is C12H23NO. The van der Waals surface area contributed by atoms with Crippen molar-refractivity contribution in [1.82, 2.24) is 4.90 Å². The van der Waals surface area contributed by atoms with E-state index in [0.29, 0.717) is 11.9 Å². The van der Waals surface area contributed by atoms with Crippen molar-refractivity contribution in [3.63, 3.8) is 0 Å². The molecule has 1 saturated heterocycles. The zero-order valence-electron chi connectivity index (χ0n) is 9.97. The molecule has 0 bridgehead atoms. The van der Waals surface area contributed by atoms with E-state index in [1.807, 2.05) is 0 Å². The number of amides is 1. The van der Waals surface area contributed by atoms with Crippen molar-refractivity contribution >= 4 is 5.91 Å². The molecule has 14 heavy (non-hydrogen) atoms. The van der Waals surface area contributed by atoms with Crippen LogP contribution in [0.15, 0.2) is 0 Å². The number of hydrogen-bond donors (Lipinski definition) is 0. The van der Waals surface area contributed by atoms with E-state index in [4.69, 9.17) is 0 Å². The lowest BCUT2D eigenvalue weighted by molar-refractivity contribution is -0.129. The molecule has 1 amide bonds. The van der Waals surface area contributed by atoms with Crippen molar-refractivity contribution in [2.24, 2.45) is 5.41 Å². The monoisotopic (exact) mass is 197 g/mol. The molecule has 0 N–H and O–H groups in total. The molecule has 0 saturated carbocycles. The summed E-state index contributed by atoms with van der Waals surface area (Å²) in [5.41, 5.74) is 0.245. The molecule has 2 atom stereocenters. The summed E-state index contributed by atoms with van der Waals surface area (Å²) in [6.07, 6.45) is 4.17. The molecule has 0 spiro atoms. The minimum Gasteiger partial charge on any atom is -0.339 e.